The first-order valence-corrected chi connectivity index (χ1v) is 7.79. The van der Waals surface area contributed by atoms with E-state index in [2.05, 4.69) is 35.0 Å². The Kier molecular flexibility index (Phi) is 6.49. The molecule has 0 spiro atoms. The molecule has 1 atom stereocenters. The Bertz CT molecular complexity index is 439. The summed E-state index contributed by atoms with van der Waals surface area (Å²) >= 11 is 3.52. The fourth-order valence-corrected chi connectivity index (χ4v) is 2.62. The zero-order valence-corrected chi connectivity index (χ0v) is 14.7. The maximum Gasteiger partial charge on any atom is 0.125 e. The molecule has 0 heterocycles. The molecule has 2 N–H and O–H groups in total. The minimum absolute atomic E-state index is 0.108. The maximum atomic E-state index is 5.92. The van der Waals surface area contributed by atoms with Crippen molar-refractivity contribution in [3.8, 4) is 5.75 Å². The lowest BCUT2D eigenvalue weighted by molar-refractivity contribution is -0.0164. The summed E-state index contributed by atoms with van der Waals surface area (Å²) in [4.78, 5) is 0. The van der Waals surface area contributed by atoms with Crippen LogP contribution in [0, 0.1) is 6.92 Å². The monoisotopic (exact) mass is 343 g/mol. The van der Waals surface area contributed by atoms with Crippen LogP contribution in [0.5, 0.6) is 5.75 Å². The Balaban J connectivity index is 2.72. The number of rotatable bonds is 6. The highest BCUT2D eigenvalue weighted by Crippen LogP contribution is 2.29. The molecular weight excluding hydrogens is 318 g/mol. The van der Waals surface area contributed by atoms with Crippen molar-refractivity contribution < 1.29 is 9.47 Å². The standard InChI is InChI=1S/C16H26BrNO2/c1-11-8-14(17)10-13(9-12(2)18)15(11)19-6-7-20-16(3,4)5/h8,10,12H,6-7,9,18H2,1-5H3. The van der Waals surface area contributed by atoms with Crippen LogP contribution in [0.1, 0.15) is 38.8 Å². The molecule has 0 aliphatic carbocycles. The second kappa shape index (κ2) is 7.43. The van der Waals surface area contributed by atoms with Crippen molar-refractivity contribution in [1.82, 2.24) is 0 Å². The summed E-state index contributed by atoms with van der Waals surface area (Å²) in [6.07, 6.45) is 0.801. The molecule has 0 bridgehead atoms. The lowest BCUT2D eigenvalue weighted by Gasteiger charge is -2.21. The molecule has 0 radical (unpaired) electrons. The number of halogens is 1. The molecule has 0 aliphatic rings. The van der Waals surface area contributed by atoms with Gasteiger partial charge in [0.15, 0.2) is 0 Å². The highest BCUT2D eigenvalue weighted by molar-refractivity contribution is 9.10. The molecule has 0 aliphatic heterocycles. The Morgan fingerprint density at radius 1 is 1.25 bits per heavy atom. The zero-order chi connectivity index (χ0) is 15.3. The lowest BCUT2D eigenvalue weighted by Crippen LogP contribution is -2.23. The van der Waals surface area contributed by atoms with Crippen LogP contribution >= 0.6 is 15.9 Å². The number of hydrogen-bond donors (Lipinski definition) is 1. The summed E-state index contributed by atoms with van der Waals surface area (Å²) in [6.45, 7) is 11.3. The van der Waals surface area contributed by atoms with Crippen LogP contribution in [0.25, 0.3) is 0 Å². The van der Waals surface area contributed by atoms with Gasteiger partial charge in [-0.1, -0.05) is 15.9 Å². The van der Waals surface area contributed by atoms with E-state index in [0.717, 1.165) is 27.8 Å². The molecule has 0 fully saturated rings. The van der Waals surface area contributed by atoms with E-state index in [1.54, 1.807) is 0 Å². The Hall–Kier alpha value is -0.580. The molecule has 0 saturated carbocycles. The maximum absolute atomic E-state index is 5.92. The van der Waals surface area contributed by atoms with Gasteiger partial charge in [-0.3, -0.25) is 0 Å². The van der Waals surface area contributed by atoms with E-state index >= 15 is 0 Å². The summed E-state index contributed by atoms with van der Waals surface area (Å²) in [5, 5.41) is 0. The fourth-order valence-electron chi connectivity index (χ4n) is 2.00. The number of benzene rings is 1. The van der Waals surface area contributed by atoms with Crippen LogP contribution in [-0.4, -0.2) is 24.9 Å². The third-order valence-electron chi connectivity index (χ3n) is 2.72. The first-order chi connectivity index (χ1) is 9.19. The average Bonchev–Trinajstić information content (AvgIpc) is 2.24. The molecule has 1 unspecified atom stereocenters. The van der Waals surface area contributed by atoms with Crippen molar-refractivity contribution in [2.45, 2.75) is 52.7 Å². The van der Waals surface area contributed by atoms with Gasteiger partial charge in [0.1, 0.15) is 12.4 Å². The smallest absolute Gasteiger partial charge is 0.125 e. The van der Waals surface area contributed by atoms with E-state index in [0.29, 0.717) is 13.2 Å². The summed E-state index contributed by atoms with van der Waals surface area (Å²) in [5.41, 5.74) is 8.04. The minimum Gasteiger partial charge on any atom is -0.491 e. The van der Waals surface area contributed by atoms with E-state index in [-0.39, 0.29) is 11.6 Å². The van der Waals surface area contributed by atoms with Gasteiger partial charge in [0.05, 0.1) is 12.2 Å². The lowest BCUT2D eigenvalue weighted by atomic mass is 10.0. The van der Waals surface area contributed by atoms with Crippen LogP contribution in [-0.2, 0) is 11.2 Å². The normalized spacial score (nSPS) is 13.3. The van der Waals surface area contributed by atoms with E-state index in [4.69, 9.17) is 15.2 Å². The second-order valence-corrected chi connectivity index (χ2v) is 7.12. The molecule has 20 heavy (non-hydrogen) atoms. The van der Waals surface area contributed by atoms with Crippen LogP contribution in [0.4, 0.5) is 0 Å². The van der Waals surface area contributed by atoms with E-state index in [1.165, 1.54) is 0 Å². The highest BCUT2D eigenvalue weighted by Gasteiger charge is 2.13. The van der Waals surface area contributed by atoms with E-state index < -0.39 is 0 Å². The van der Waals surface area contributed by atoms with Gasteiger partial charge in [-0.2, -0.15) is 0 Å². The molecule has 0 amide bonds. The summed E-state index contributed by atoms with van der Waals surface area (Å²) in [7, 11) is 0. The largest absolute Gasteiger partial charge is 0.491 e. The fraction of sp³-hybridized carbons (Fsp3) is 0.625. The van der Waals surface area contributed by atoms with Gasteiger partial charge >= 0.3 is 0 Å². The average molecular weight is 344 g/mol. The molecule has 4 heteroatoms. The number of hydrogen-bond acceptors (Lipinski definition) is 3. The topological polar surface area (TPSA) is 44.5 Å². The van der Waals surface area contributed by atoms with Crippen LogP contribution in [0.15, 0.2) is 16.6 Å². The highest BCUT2D eigenvalue weighted by atomic mass is 79.9. The van der Waals surface area contributed by atoms with Crippen molar-refractivity contribution in [2.24, 2.45) is 5.73 Å². The Labute approximate surface area is 131 Å². The number of aryl methyl sites for hydroxylation is 1. The Morgan fingerprint density at radius 2 is 1.90 bits per heavy atom. The molecule has 114 valence electrons. The molecule has 1 rings (SSSR count). The third-order valence-corrected chi connectivity index (χ3v) is 3.18. The minimum atomic E-state index is -0.132. The van der Waals surface area contributed by atoms with Gasteiger partial charge in [-0.25, -0.2) is 0 Å². The molecule has 3 nitrogen and oxygen atoms in total. The van der Waals surface area contributed by atoms with E-state index in [9.17, 15) is 0 Å². The summed E-state index contributed by atoms with van der Waals surface area (Å²) < 4.78 is 12.7. The van der Waals surface area contributed by atoms with Gasteiger partial charge in [0.25, 0.3) is 0 Å². The van der Waals surface area contributed by atoms with Gasteiger partial charge in [0, 0.05) is 10.5 Å². The quantitative estimate of drug-likeness (QED) is 0.798. The Morgan fingerprint density at radius 3 is 2.45 bits per heavy atom. The second-order valence-electron chi connectivity index (χ2n) is 6.20. The molecule has 1 aromatic carbocycles. The number of nitrogens with two attached hydrogens (primary N) is 1. The van der Waals surface area contributed by atoms with E-state index in [1.807, 2.05) is 27.7 Å². The van der Waals surface area contributed by atoms with Crippen molar-refractivity contribution in [2.75, 3.05) is 13.2 Å². The summed E-state index contributed by atoms with van der Waals surface area (Å²) in [6, 6.07) is 4.25. The van der Waals surface area contributed by atoms with Crippen LogP contribution in [0.3, 0.4) is 0 Å². The van der Waals surface area contributed by atoms with Gasteiger partial charge in [-0.15, -0.1) is 0 Å². The molecule has 1 aromatic rings. The molecule has 0 saturated heterocycles. The van der Waals surface area contributed by atoms with Crippen LogP contribution in [0.2, 0.25) is 0 Å². The predicted molar refractivity (Wildman–Crippen MR) is 87.4 cm³/mol. The summed E-state index contributed by atoms with van der Waals surface area (Å²) in [5.74, 6) is 0.933. The van der Waals surface area contributed by atoms with Gasteiger partial charge in [0.2, 0.25) is 0 Å². The SMILES string of the molecule is Cc1cc(Br)cc(CC(C)N)c1OCCOC(C)(C)C. The predicted octanol–water partition coefficient (Wildman–Crippen LogP) is 3.84. The zero-order valence-electron chi connectivity index (χ0n) is 13.1. The molecular formula is C16H26BrNO2. The van der Waals surface area contributed by atoms with Crippen molar-refractivity contribution in [3.05, 3.63) is 27.7 Å². The van der Waals surface area contributed by atoms with Crippen molar-refractivity contribution in [3.63, 3.8) is 0 Å². The van der Waals surface area contributed by atoms with Crippen LogP contribution < -0.4 is 10.5 Å². The third kappa shape index (κ3) is 6.25. The van der Waals surface area contributed by atoms with Crippen molar-refractivity contribution in [1.29, 1.82) is 0 Å². The van der Waals surface area contributed by atoms with Crippen molar-refractivity contribution >= 4 is 15.9 Å². The molecule has 0 aromatic heterocycles. The first-order valence-electron chi connectivity index (χ1n) is 7.00. The number of ether oxygens (including phenoxy) is 2. The first kappa shape index (κ1) is 17.5. The van der Waals surface area contributed by atoms with Gasteiger partial charge < -0.3 is 15.2 Å². The van der Waals surface area contributed by atoms with Gasteiger partial charge in [-0.05, 0) is 64.3 Å².